The van der Waals surface area contributed by atoms with Gasteiger partial charge < -0.3 is 4.90 Å². The zero-order valence-corrected chi connectivity index (χ0v) is 16.2. The van der Waals surface area contributed by atoms with Crippen LogP contribution in [-0.2, 0) is 7.05 Å². The molecule has 27 heavy (non-hydrogen) atoms. The minimum Gasteiger partial charge on any atom is -0.306 e. The van der Waals surface area contributed by atoms with Gasteiger partial charge >= 0.3 is 0 Å². The molecule has 0 unspecified atom stereocenters. The Labute approximate surface area is 160 Å². The Morgan fingerprint density at radius 3 is 2.78 bits per heavy atom. The number of thiazole rings is 1. The van der Waals surface area contributed by atoms with Crippen molar-refractivity contribution in [2.45, 2.75) is 18.8 Å². The Morgan fingerprint density at radius 2 is 1.96 bits per heavy atom. The zero-order valence-electron chi connectivity index (χ0n) is 15.4. The van der Waals surface area contributed by atoms with Gasteiger partial charge in [-0.25, -0.2) is 4.98 Å². The predicted molar refractivity (Wildman–Crippen MR) is 109 cm³/mol. The Balaban J connectivity index is 1.57. The van der Waals surface area contributed by atoms with Gasteiger partial charge in [-0.3, -0.25) is 13.9 Å². The molecule has 3 aromatic heterocycles. The molecule has 0 saturated carbocycles. The quantitative estimate of drug-likeness (QED) is 0.537. The largest absolute Gasteiger partial charge is 0.306 e. The molecule has 0 atom stereocenters. The summed E-state index contributed by atoms with van der Waals surface area (Å²) < 4.78 is 3.51. The Hall–Kier alpha value is -2.51. The van der Waals surface area contributed by atoms with Crippen molar-refractivity contribution >= 4 is 27.2 Å². The fourth-order valence-corrected chi connectivity index (χ4v) is 5.00. The van der Waals surface area contributed by atoms with E-state index in [0.717, 1.165) is 47.4 Å². The number of rotatable bonds is 2. The molecule has 0 amide bonds. The highest BCUT2D eigenvalue weighted by atomic mass is 32.1. The van der Waals surface area contributed by atoms with Crippen LogP contribution in [0.1, 0.15) is 23.6 Å². The van der Waals surface area contributed by atoms with Crippen LogP contribution in [0.3, 0.4) is 0 Å². The number of hydrogen-bond donors (Lipinski definition) is 0. The van der Waals surface area contributed by atoms with E-state index in [-0.39, 0.29) is 5.56 Å². The fourth-order valence-electron chi connectivity index (χ4n) is 3.89. The summed E-state index contributed by atoms with van der Waals surface area (Å²) in [4.78, 5) is 22.1. The molecule has 5 rings (SSSR count). The molecule has 1 aromatic carbocycles. The van der Waals surface area contributed by atoms with E-state index >= 15 is 0 Å². The number of aromatic nitrogens is 4. The van der Waals surface area contributed by atoms with E-state index in [0.29, 0.717) is 11.5 Å². The Morgan fingerprint density at radius 1 is 1.15 bits per heavy atom. The Bertz CT molecular complexity index is 1200. The lowest BCUT2D eigenvalue weighted by Gasteiger charge is -2.27. The molecule has 6 nitrogen and oxygen atoms in total. The molecule has 1 aliphatic rings. The third-order valence-corrected chi connectivity index (χ3v) is 6.64. The molecular formula is C20H21N5OS. The molecule has 0 N–H and O–H groups in total. The van der Waals surface area contributed by atoms with Crippen LogP contribution >= 0.6 is 11.3 Å². The van der Waals surface area contributed by atoms with Crippen molar-refractivity contribution in [1.29, 1.82) is 0 Å². The number of fused-ring (bicyclic) bond motifs is 2. The highest BCUT2D eigenvalue weighted by Crippen LogP contribution is 2.32. The highest BCUT2D eigenvalue weighted by Gasteiger charge is 2.21. The van der Waals surface area contributed by atoms with Gasteiger partial charge in [-0.2, -0.15) is 5.10 Å². The van der Waals surface area contributed by atoms with Crippen molar-refractivity contribution in [3.63, 3.8) is 0 Å². The lowest BCUT2D eigenvalue weighted by molar-refractivity contribution is 0.256. The molecule has 1 aliphatic heterocycles. The summed E-state index contributed by atoms with van der Waals surface area (Å²) in [5, 5.41) is 5.51. The monoisotopic (exact) mass is 379 g/mol. The van der Waals surface area contributed by atoms with Crippen molar-refractivity contribution in [3.05, 3.63) is 52.0 Å². The molecule has 4 aromatic rings. The maximum atomic E-state index is 13.1. The second-order valence-corrected chi connectivity index (χ2v) is 8.46. The maximum absolute atomic E-state index is 13.1. The van der Waals surface area contributed by atoms with Crippen LogP contribution in [0.25, 0.3) is 27.0 Å². The van der Waals surface area contributed by atoms with Crippen LogP contribution < -0.4 is 5.56 Å². The molecule has 138 valence electrons. The van der Waals surface area contributed by atoms with Crippen molar-refractivity contribution in [1.82, 2.24) is 24.1 Å². The van der Waals surface area contributed by atoms with E-state index in [1.807, 2.05) is 37.6 Å². The first kappa shape index (κ1) is 16.6. The lowest BCUT2D eigenvalue weighted by atomic mass is 9.96. The molecule has 0 aliphatic carbocycles. The summed E-state index contributed by atoms with van der Waals surface area (Å²) in [6.07, 6.45) is 7.97. The van der Waals surface area contributed by atoms with E-state index in [1.54, 1.807) is 26.6 Å². The molecule has 1 fully saturated rings. The van der Waals surface area contributed by atoms with Crippen LogP contribution in [0, 0.1) is 0 Å². The normalized spacial score (nSPS) is 16.5. The van der Waals surface area contributed by atoms with Gasteiger partial charge in [0.1, 0.15) is 0 Å². The fraction of sp³-hybridized carbons (Fsp3) is 0.350. The van der Waals surface area contributed by atoms with E-state index in [9.17, 15) is 4.79 Å². The van der Waals surface area contributed by atoms with E-state index < -0.39 is 0 Å². The second kappa shape index (κ2) is 6.28. The van der Waals surface area contributed by atoms with E-state index in [1.165, 1.54) is 4.88 Å². The molecule has 0 radical (unpaired) electrons. The van der Waals surface area contributed by atoms with E-state index in [4.69, 9.17) is 0 Å². The van der Waals surface area contributed by atoms with Gasteiger partial charge in [0.2, 0.25) is 0 Å². The van der Waals surface area contributed by atoms with Gasteiger partial charge in [0.25, 0.3) is 5.56 Å². The minimum atomic E-state index is -0.00860. The lowest BCUT2D eigenvalue weighted by Crippen LogP contribution is -2.28. The van der Waals surface area contributed by atoms with Crippen LogP contribution in [0.15, 0.2) is 41.6 Å². The average Bonchev–Trinajstić information content (AvgIpc) is 3.25. The van der Waals surface area contributed by atoms with Crippen molar-refractivity contribution in [2.75, 3.05) is 20.1 Å². The molecule has 4 heterocycles. The minimum absolute atomic E-state index is 0.00860. The zero-order chi connectivity index (χ0) is 18.5. The first-order valence-corrected chi connectivity index (χ1v) is 10.0. The van der Waals surface area contributed by atoms with Gasteiger partial charge in [0.05, 0.1) is 11.1 Å². The maximum Gasteiger partial charge on any atom is 0.266 e. The predicted octanol–water partition coefficient (Wildman–Crippen LogP) is 3.12. The van der Waals surface area contributed by atoms with Crippen molar-refractivity contribution < 1.29 is 0 Å². The topological polar surface area (TPSA) is 55.4 Å². The first-order valence-electron chi connectivity index (χ1n) is 9.22. The highest BCUT2D eigenvalue weighted by molar-refractivity contribution is 7.17. The molecule has 0 bridgehead atoms. The summed E-state index contributed by atoms with van der Waals surface area (Å²) in [7, 11) is 4.07. The first-order chi connectivity index (χ1) is 13.1. The molecular weight excluding hydrogens is 358 g/mol. The SMILES string of the molecule is CN1CCC(c2cn3c(=O)c(-c4ccc5cn(C)nc5c4)cnc3s2)CC1. The van der Waals surface area contributed by atoms with Gasteiger partial charge in [-0.15, -0.1) is 11.3 Å². The summed E-state index contributed by atoms with van der Waals surface area (Å²) in [6.45, 7) is 2.22. The summed E-state index contributed by atoms with van der Waals surface area (Å²) >= 11 is 1.65. The van der Waals surface area contributed by atoms with Gasteiger partial charge in [-0.05, 0) is 50.5 Å². The number of likely N-dealkylation sites (tertiary alicyclic amines) is 1. The van der Waals surface area contributed by atoms with Crippen LogP contribution in [0.2, 0.25) is 0 Å². The summed E-state index contributed by atoms with van der Waals surface area (Å²) in [5.41, 5.74) is 2.36. The van der Waals surface area contributed by atoms with Gasteiger partial charge in [-0.1, -0.05) is 12.1 Å². The van der Waals surface area contributed by atoms with E-state index in [2.05, 4.69) is 22.0 Å². The van der Waals surface area contributed by atoms with Crippen molar-refractivity contribution in [3.8, 4) is 11.1 Å². The van der Waals surface area contributed by atoms with Crippen LogP contribution in [-0.4, -0.2) is 44.2 Å². The molecule has 0 spiro atoms. The third-order valence-electron chi connectivity index (χ3n) is 5.48. The molecule has 7 heteroatoms. The van der Waals surface area contributed by atoms with Crippen LogP contribution in [0.4, 0.5) is 0 Å². The van der Waals surface area contributed by atoms with Gasteiger partial charge in [0.15, 0.2) is 4.96 Å². The average molecular weight is 379 g/mol. The Kier molecular flexibility index (Phi) is 3.87. The third kappa shape index (κ3) is 2.87. The summed E-state index contributed by atoms with van der Waals surface area (Å²) in [6, 6.07) is 5.94. The number of aryl methyl sites for hydroxylation is 1. The number of benzene rings is 1. The smallest absolute Gasteiger partial charge is 0.266 e. The summed E-state index contributed by atoms with van der Waals surface area (Å²) in [5.74, 6) is 0.528. The van der Waals surface area contributed by atoms with Crippen LogP contribution in [0.5, 0.6) is 0 Å². The number of piperidine rings is 1. The number of nitrogens with zero attached hydrogens (tertiary/aromatic N) is 5. The molecule has 1 saturated heterocycles. The second-order valence-electron chi connectivity index (χ2n) is 7.42. The standard InChI is InChI=1S/C20H21N5OS/c1-23-7-5-13(6-8-23)18-12-25-19(26)16(10-21-20(25)27-18)14-3-4-15-11-24(2)22-17(15)9-14/h3-4,9-13H,5-8H2,1-2H3. The van der Waals surface area contributed by atoms with Crippen molar-refractivity contribution in [2.24, 2.45) is 7.05 Å². The number of hydrogen-bond acceptors (Lipinski definition) is 5. The van der Waals surface area contributed by atoms with Gasteiger partial charge in [0, 0.05) is 35.9 Å².